The number of likely N-dealkylation sites (tertiary alicyclic amines) is 1. The van der Waals surface area contributed by atoms with Crippen molar-refractivity contribution >= 4 is 16.0 Å². The second-order valence-electron chi connectivity index (χ2n) is 8.48. The molecular weight excluding hydrogens is 388 g/mol. The van der Waals surface area contributed by atoms with Crippen LogP contribution in [0.4, 0.5) is 8.78 Å². The molecule has 5 rings (SSSR count). The molecule has 28 heavy (non-hydrogen) atoms. The molecule has 1 aliphatic heterocycles. The summed E-state index contributed by atoms with van der Waals surface area (Å²) in [7, 11) is -3.52. The minimum Gasteiger partial charge on any atom is -0.332 e. The van der Waals surface area contributed by atoms with Crippen LogP contribution in [0, 0.1) is 29.5 Å². The molecule has 4 aliphatic rings. The van der Waals surface area contributed by atoms with Gasteiger partial charge in [0, 0.05) is 12.3 Å². The average Bonchev–Trinajstić information content (AvgIpc) is 2.99. The summed E-state index contributed by atoms with van der Waals surface area (Å²) < 4.78 is 55.4. The first-order valence-corrected chi connectivity index (χ1v) is 11.6. The monoisotopic (exact) mass is 413 g/mol. The van der Waals surface area contributed by atoms with Crippen LogP contribution in [0.25, 0.3) is 0 Å². The number of hydrogen-bond donors (Lipinski definition) is 0. The molecule has 0 aromatic heterocycles. The lowest BCUT2D eigenvalue weighted by Crippen LogP contribution is -2.50. The third-order valence-corrected chi connectivity index (χ3v) is 7.15. The highest BCUT2D eigenvalue weighted by Gasteiger charge is 2.51. The van der Waals surface area contributed by atoms with Crippen molar-refractivity contribution in [3.05, 3.63) is 35.6 Å². The van der Waals surface area contributed by atoms with E-state index in [9.17, 15) is 22.0 Å². The normalized spacial score (nSPS) is 34.9. The molecule has 1 amide bonds. The van der Waals surface area contributed by atoms with E-state index in [1.165, 1.54) is 12.1 Å². The van der Waals surface area contributed by atoms with Gasteiger partial charge in [-0.3, -0.25) is 8.98 Å². The van der Waals surface area contributed by atoms with Gasteiger partial charge in [-0.15, -0.1) is 0 Å². The van der Waals surface area contributed by atoms with E-state index in [2.05, 4.69) is 0 Å². The highest BCUT2D eigenvalue weighted by atomic mass is 32.2. The van der Waals surface area contributed by atoms with Crippen LogP contribution in [0.5, 0.6) is 0 Å². The predicted molar refractivity (Wildman–Crippen MR) is 99.0 cm³/mol. The first kappa shape index (κ1) is 19.8. The van der Waals surface area contributed by atoms with Gasteiger partial charge >= 0.3 is 0 Å². The SMILES string of the molecule is CS(=O)(=O)OC[C@@H]1CC(C(=O)N2CC(F)CC2c2cccc(F)c2)C2CC1C2. The summed E-state index contributed by atoms with van der Waals surface area (Å²) in [6, 6.07) is 5.55. The Balaban J connectivity index is 1.49. The van der Waals surface area contributed by atoms with Gasteiger partial charge in [0.2, 0.25) is 5.91 Å². The fourth-order valence-corrected chi connectivity index (χ4v) is 5.54. The first-order valence-electron chi connectivity index (χ1n) is 9.75. The molecule has 3 saturated carbocycles. The number of carbonyl (C=O) groups is 1. The van der Waals surface area contributed by atoms with Crippen molar-refractivity contribution in [3.63, 3.8) is 0 Å². The molecule has 0 radical (unpaired) electrons. The number of fused-ring (bicyclic) bond motifs is 2. The number of hydrogen-bond acceptors (Lipinski definition) is 4. The summed E-state index contributed by atoms with van der Waals surface area (Å²) in [4.78, 5) is 14.9. The lowest BCUT2D eigenvalue weighted by molar-refractivity contribution is -0.147. The van der Waals surface area contributed by atoms with E-state index in [4.69, 9.17) is 4.18 Å². The van der Waals surface area contributed by atoms with Crippen LogP contribution in [0.15, 0.2) is 24.3 Å². The second-order valence-corrected chi connectivity index (χ2v) is 10.1. The molecule has 5 nitrogen and oxygen atoms in total. The third-order valence-electron chi connectivity index (χ3n) is 6.58. The molecule has 0 N–H and O–H groups in total. The maximum absolute atomic E-state index is 14.2. The van der Waals surface area contributed by atoms with Crippen molar-refractivity contribution in [3.8, 4) is 0 Å². The quantitative estimate of drug-likeness (QED) is 0.696. The fraction of sp³-hybridized carbons (Fsp3) is 0.650. The average molecular weight is 413 g/mol. The van der Waals surface area contributed by atoms with E-state index in [1.54, 1.807) is 17.0 Å². The Labute approximate surface area is 164 Å². The number of nitrogens with zero attached hydrogens (tertiary/aromatic N) is 1. The minimum absolute atomic E-state index is 0.0186. The third kappa shape index (κ3) is 3.94. The molecule has 154 valence electrons. The lowest BCUT2D eigenvalue weighted by Gasteiger charge is -2.51. The van der Waals surface area contributed by atoms with Gasteiger partial charge in [-0.1, -0.05) is 12.1 Å². The van der Waals surface area contributed by atoms with E-state index in [0.29, 0.717) is 17.9 Å². The van der Waals surface area contributed by atoms with Crippen molar-refractivity contribution in [2.45, 2.75) is 37.9 Å². The molecule has 8 heteroatoms. The van der Waals surface area contributed by atoms with Crippen LogP contribution >= 0.6 is 0 Å². The smallest absolute Gasteiger partial charge is 0.264 e. The van der Waals surface area contributed by atoms with E-state index in [0.717, 1.165) is 19.1 Å². The summed E-state index contributed by atoms with van der Waals surface area (Å²) in [5.41, 5.74) is 0.618. The van der Waals surface area contributed by atoms with Crippen LogP contribution < -0.4 is 0 Å². The fourth-order valence-electron chi connectivity index (χ4n) is 5.12. The van der Waals surface area contributed by atoms with E-state index >= 15 is 0 Å². The van der Waals surface area contributed by atoms with Crippen LogP contribution in [-0.4, -0.2) is 44.8 Å². The van der Waals surface area contributed by atoms with Crippen molar-refractivity contribution < 1.29 is 26.2 Å². The van der Waals surface area contributed by atoms with Crippen molar-refractivity contribution in [2.75, 3.05) is 19.4 Å². The summed E-state index contributed by atoms with van der Waals surface area (Å²) in [5, 5.41) is 0. The Kier molecular flexibility index (Phi) is 5.20. The topological polar surface area (TPSA) is 63.7 Å². The van der Waals surface area contributed by atoms with Gasteiger partial charge in [0.1, 0.15) is 12.0 Å². The molecule has 0 spiro atoms. The molecule has 1 aromatic carbocycles. The number of carbonyl (C=O) groups excluding carboxylic acids is 1. The van der Waals surface area contributed by atoms with Gasteiger partial charge in [-0.05, 0) is 54.7 Å². The van der Waals surface area contributed by atoms with Crippen LogP contribution in [0.3, 0.4) is 0 Å². The number of amides is 1. The molecule has 4 fully saturated rings. The summed E-state index contributed by atoms with van der Waals surface area (Å²) in [6.07, 6.45) is 2.40. The summed E-state index contributed by atoms with van der Waals surface area (Å²) in [5.74, 6) is -0.0719. The van der Waals surface area contributed by atoms with Gasteiger partial charge in [-0.2, -0.15) is 8.42 Å². The Morgan fingerprint density at radius 2 is 1.96 bits per heavy atom. The minimum atomic E-state index is -3.52. The zero-order chi connectivity index (χ0) is 20.1. The zero-order valence-corrected chi connectivity index (χ0v) is 16.6. The van der Waals surface area contributed by atoms with Crippen molar-refractivity contribution in [2.24, 2.45) is 23.7 Å². The van der Waals surface area contributed by atoms with E-state index < -0.39 is 28.1 Å². The molecule has 3 aliphatic carbocycles. The molecular formula is C20H25F2NO4S. The van der Waals surface area contributed by atoms with Gasteiger partial charge < -0.3 is 4.90 Å². The van der Waals surface area contributed by atoms with Crippen LogP contribution in [-0.2, 0) is 19.1 Å². The molecule has 1 heterocycles. The molecule has 4 atom stereocenters. The predicted octanol–water partition coefficient (Wildman–Crippen LogP) is 3.08. The molecule has 3 unspecified atom stereocenters. The summed E-state index contributed by atoms with van der Waals surface area (Å²) in [6.45, 7) is 0.121. The summed E-state index contributed by atoms with van der Waals surface area (Å²) >= 11 is 0. The van der Waals surface area contributed by atoms with Crippen LogP contribution in [0.1, 0.15) is 37.3 Å². The van der Waals surface area contributed by atoms with Gasteiger partial charge in [0.05, 0.1) is 25.4 Å². The number of rotatable bonds is 5. The van der Waals surface area contributed by atoms with E-state index in [1.807, 2.05) is 0 Å². The number of alkyl halides is 1. The maximum Gasteiger partial charge on any atom is 0.264 e. The Morgan fingerprint density at radius 3 is 2.64 bits per heavy atom. The largest absolute Gasteiger partial charge is 0.332 e. The molecule has 1 aromatic rings. The Bertz CT molecular complexity index is 856. The van der Waals surface area contributed by atoms with Crippen molar-refractivity contribution in [1.82, 2.24) is 4.90 Å². The highest BCUT2D eigenvalue weighted by Crippen LogP contribution is 2.53. The van der Waals surface area contributed by atoms with Gasteiger partial charge in [0.25, 0.3) is 10.1 Å². The van der Waals surface area contributed by atoms with Crippen molar-refractivity contribution in [1.29, 1.82) is 0 Å². The second kappa shape index (κ2) is 7.37. The Morgan fingerprint density at radius 1 is 1.21 bits per heavy atom. The van der Waals surface area contributed by atoms with E-state index in [-0.39, 0.29) is 43.2 Å². The Hall–Kier alpha value is -1.54. The standard InChI is InChI=1S/C20H25F2NO4S/c1-28(25,26)27-11-15-8-18(14-5-13(15)6-14)20(24)23-10-17(22)9-19(23)12-3-2-4-16(21)7-12/h2-4,7,13-15,17-19H,5-6,8-11H2,1H3/t13?,14?,15-,17?,18?,19?/m0/s1. The van der Waals surface area contributed by atoms with Crippen LogP contribution in [0.2, 0.25) is 0 Å². The molecule has 2 bridgehead atoms. The highest BCUT2D eigenvalue weighted by molar-refractivity contribution is 7.85. The lowest BCUT2D eigenvalue weighted by atomic mass is 9.55. The maximum atomic E-state index is 14.2. The number of halogens is 2. The first-order chi connectivity index (χ1) is 13.2. The molecule has 1 saturated heterocycles. The van der Waals surface area contributed by atoms with Gasteiger partial charge in [0.15, 0.2) is 0 Å². The van der Waals surface area contributed by atoms with Gasteiger partial charge in [-0.25, -0.2) is 8.78 Å². The zero-order valence-electron chi connectivity index (χ0n) is 15.8. The number of benzene rings is 1.